The molecule has 0 radical (unpaired) electrons. The number of H-pyrrole nitrogens is 1. The third-order valence-corrected chi connectivity index (χ3v) is 2.85. The number of carboxylic acid groups (broad SMARTS) is 1. The molecule has 7 nitrogen and oxygen atoms in total. The summed E-state index contributed by atoms with van der Waals surface area (Å²) in [5.74, 6) is -1.03. The minimum absolute atomic E-state index is 0.0326. The molecule has 0 aromatic carbocycles. The summed E-state index contributed by atoms with van der Waals surface area (Å²) in [6.45, 7) is 6.70. The summed E-state index contributed by atoms with van der Waals surface area (Å²) in [5.41, 5.74) is 2.23. The van der Waals surface area contributed by atoms with Crippen LogP contribution in [0.4, 0.5) is 5.69 Å². The molecule has 3 N–H and O–H groups in total. The number of anilines is 1. The monoisotopic (exact) mass is 268 g/mol. The Bertz CT molecular complexity index is 436. The van der Waals surface area contributed by atoms with Crippen molar-refractivity contribution in [1.82, 2.24) is 15.1 Å². The third-order valence-electron chi connectivity index (χ3n) is 2.85. The van der Waals surface area contributed by atoms with Crippen molar-refractivity contribution in [2.24, 2.45) is 0 Å². The number of nitrogens with one attached hydrogen (secondary N) is 2. The average molecular weight is 268 g/mol. The SMILES string of the molecule is CCN(CCC(=O)O)CC(=O)Nc1c(C)n[nH]c1C. The lowest BCUT2D eigenvalue weighted by molar-refractivity contribution is -0.137. The Morgan fingerprint density at radius 3 is 2.58 bits per heavy atom. The van der Waals surface area contributed by atoms with Gasteiger partial charge in [-0.15, -0.1) is 0 Å². The lowest BCUT2D eigenvalue weighted by Crippen LogP contribution is -2.34. The van der Waals surface area contributed by atoms with E-state index >= 15 is 0 Å². The first-order valence-corrected chi connectivity index (χ1v) is 6.19. The van der Waals surface area contributed by atoms with Gasteiger partial charge in [0.1, 0.15) is 0 Å². The first-order valence-electron chi connectivity index (χ1n) is 6.19. The maximum Gasteiger partial charge on any atom is 0.304 e. The number of aryl methyl sites for hydroxylation is 2. The third kappa shape index (κ3) is 4.70. The van der Waals surface area contributed by atoms with Crippen LogP contribution in [0.3, 0.4) is 0 Å². The minimum Gasteiger partial charge on any atom is -0.481 e. The highest BCUT2D eigenvalue weighted by atomic mass is 16.4. The van der Waals surface area contributed by atoms with Crippen LogP contribution in [0.2, 0.25) is 0 Å². The number of rotatable bonds is 7. The average Bonchev–Trinajstić information content (AvgIpc) is 2.66. The molecule has 0 saturated heterocycles. The first-order chi connectivity index (χ1) is 8.93. The fourth-order valence-corrected chi connectivity index (χ4v) is 1.72. The highest BCUT2D eigenvalue weighted by molar-refractivity contribution is 5.93. The van der Waals surface area contributed by atoms with Crippen molar-refractivity contribution in [2.75, 3.05) is 25.0 Å². The lowest BCUT2D eigenvalue weighted by Gasteiger charge is -2.18. The van der Waals surface area contributed by atoms with Crippen LogP contribution in [0.5, 0.6) is 0 Å². The van der Waals surface area contributed by atoms with Gasteiger partial charge in [0.2, 0.25) is 5.91 Å². The molecule has 19 heavy (non-hydrogen) atoms. The van der Waals surface area contributed by atoms with E-state index < -0.39 is 5.97 Å². The van der Waals surface area contributed by atoms with Gasteiger partial charge in [-0.05, 0) is 20.4 Å². The summed E-state index contributed by atoms with van der Waals surface area (Å²) >= 11 is 0. The Morgan fingerprint density at radius 2 is 2.11 bits per heavy atom. The van der Waals surface area contributed by atoms with Gasteiger partial charge in [0, 0.05) is 6.54 Å². The number of hydrogen-bond donors (Lipinski definition) is 3. The second-order valence-electron chi connectivity index (χ2n) is 4.37. The van der Waals surface area contributed by atoms with Crippen molar-refractivity contribution in [2.45, 2.75) is 27.2 Å². The zero-order chi connectivity index (χ0) is 14.4. The number of likely N-dealkylation sites (N-methyl/N-ethyl adjacent to an activating group) is 1. The van der Waals surface area contributed by atoms with Gasteiger partial charge in [0.25, 0.3) is 0 Å². The van der Waals surface area contributed by atoms with Crippen LogP contribution >= 0.6 is 0 Å². The van der Waals surface area contributed by atoms with E-state index in [0.29, 0.717) is 18.8 Å². The largest absolute Gasteiger partial charge is 0.481 e. The molecule has 1 heterocycles. The molecule has 0 bridgehead atoms. The summed E-state index contributed by atoms with van der Waals surface area (Å²) in [6, 6.07) is 0. The van der Waals surface area contributed by atoms with Gasteiger partial charge >= 0.3 is 5.97 Å². The van der Waals surface area contributed by atoms with E-state index in [1.54, 1.807) is 11.8 Å². The van der Waals surface area contributed by atoms with Gasteiger partial charge in [0.05, 0.1) is 30.0 Å². The molecular weight excluding hydrogens is 248 g/mol. The van der Waals surface area contributed by atoms with Gasteiger partial charge in [-0.25, -0.2) is 0 Å². The van der Waals surface area contributed by atoms with E-state index in [2.05, 4.69) is 15.5 Å². The molecule has 0 aliphatic rings. The van der Waals surface area contributed by atoms with E-state index in [4.69, 9.17) is 5.11 Å². The molecular formula is C12H20N4O3. The van der Waals surface area contributed by atoms with Gasteiger partial charge in [-0.2, -0.15) is 5.10 Å². The summed E-state index contributed by atoms with van der Waals surface area (Å²) in [6.07, 6.45) is 0.0326. The maximum absolute atomic E-state index is 11.9. The Balaban J connectivity index is 2.51. The number of nitrogens with zero attached hydrogens (tertiary/aromatic N) is 2. The quantitative estimate of drug-likeness (QED) is 0.678. The zero-order valence-corrected chi connectivity index (χ0v) is 11.5. The smallest absolute Gasteiger partial charge is 0.304 e. The van der Waals surface area contributed by atoms with Crippen LogP contribution in [-0.4, -0.2) is 51.7 Å². The highest BCUT2D eigenvalue weighted by Crippen LogP contribution is 2.15. The van der Waals surface area contributed by atoms with E-state index in [0.717, 1.165) is 11.4 Å². The van der Waals surface area contributed by atoms with Crippen LogP contribution in [0.25, 0.3) is 0 Å². The van der Waals surface area contributed by atoms with Crippen LogP contribution in [0.1, 0.15) is 24.7 Å². The number of aromatic nitrogens is 2. The van der Waals surface area contributed by atoms with Gasteiger partial charge in [-0.1, -0.05) is 6.92 Å². The molecule has 0 fully saturated rings. The van der Waals surface area contributed by atoms with E-state index in [9.17, 15) is 9.59 Å². The summed E-state index contributed by atoms with van der Waals surface area (Å²) in [4.78, 5) is 24.2. The lowest BCUT2D eigenvalue weighted by atomic mass is 10.3. The molecule has 1 amide bonds. The molecule has 1 aromatic heterocycles. The molecule has 1 rings (SSSR count). The van der Waals surface area contributed by atoms with E-state index in [-0.39, 0.29) is 18.9 Å². The summed E-state index contributed by atoms with van der Waals surface area (Å²) in [7, 11) is 0. The Kier molecular flexibility index (Phi) is 5.50. The summed E-state index contributed by atoms with van der Waals surface area (Å²) < 4.78 is 0. The Morgan fingerprint density at radius 1 is 1.42 bits per heavy atom. The molecule has 1 aromatic rings. The predicted molar refractivity (Wildman–Crippen MR) is 71.1 cm³/mol. The molecule has 0 aliphatic heterocycles. The van der Waals surface area contributed by atoms with Crippen LogP contribution in [0.15, 0.2) is 0 Å². The van der Waals surface area contributed by atoms with Crippen molar-refractivity contribution in [3.05, 3.63) is 11.4 Å². The predicted octanol–water partition coefficient (Wildman–Crippen LogP) is 0.762. The Hall–Kier alpha value is -1.89. The maximum atomic E-state index is 11.9. The standard InChI is InChI=1S/C12H20N4O3/c1-4-16(6-5-11(18)19)7-10(17)13-12-8(2)14-15-9(12)3/h4-7H2,1-3H3,(H,13,17)(H,14,15)(H,18,19). The van der Waals surface area contributed by atoms with Crippen molar-refractivity contribution >= 4 is 17.6 Å². The second kappa shape index (κ2) is 6.89. The molecule has 106 valence electrons. The number of carbonyl (C=O) groups excluding carboxylic acids is 1. The Labute approximate surface area is 112 Å². The minimum atomic E-state index is -0.861. The summed E-state index contributed by atoms with van der Waals surface area (Å²) in [5, 5.41) is 18.2. The van der Waals surface area contributed by atoms with Crippen molar-refractivity contribution in [3.63, 3.8) is 0 Å². The molecule has 0 unspecified atom stereocenters. The number of carbonyl (C=O) groups is 2. The fourth-order valence-electron chi connectivity index (χ4n) is 1.72. The van der Waals surface area contributed by atoms with E-state index in [1.165, 1.54) is 0 Å². The topological polar surface area (TPSA) is 98.3 Å². The second-order valence-corrected chi connectivity index (χ2v) is 4.37. The molecule has 0 spiro atoms. The van der Waals surface area contributed by atoms with Crippen molar-refractivity contribution in [1.29, 1.82) is 0 Å². The van der Waals surface area contributed by atoms with Gasteiger partial charge in [-0.3, -0.25) is 19.6 Å². The van der Waals surface area contributed by atoms with Crippen LogP contribution < -0.4 is 5.32 Å². The van der Waals surface area contributed by atoms with Crippen LogP contribution in [-0.2, 0) is 9.59 Å². The van der Waals surface area contributed by atoms with Gasteiger partial charge < -0.3 is 10.4 Å². The van der Waals surface area contributed by atoms with Crippen molar-refractivity contribution in [3.8, 4) is 0 Å². The number of amides is 1. The number of aromatic amines is 1. The fraction of sp³-hybridized carbons (Fsp3) is 0.583. The number of hydrogen-bond acceptors (Lipinski definition) is 4. The molecule has 0 saturated carbocycles. The zero-order valence-electron chi connectivity index (χ0n) is 11.5. The normalized spacial score (nSPS) is 10.7. The number of carboxylic acids is 1. The first kappa shape index (κ1) is 15.2. The van der Waals surface area contributed by atoms with Crippen LogP contribution in [0, 0.1) is 13.8 Å². The molecule has 0 atom stereocenters. The van der Waals surface area contributed by atoms with E-state index in [1.807, 2.05) is 13.8 Å². The van der Waals surface area contributed by atoms with Crippen molar-refractivity contribution < 1.29 is 14.7 Å². The van der Waals surface area contributed by atoms with Gasteiger partial charge in [0.15, 0.2) is 0 Å². The molecule has 0 aliphatic carbocycles. The highest BCUT2D eigenvalue weighted by Gasteiger charge is 2.13. The molecule has 7 heteroatoms. The number of aliphatic carboxylic acids is 1.